The van der Waals surface area contributed by atoms with Crippen LogP contribution in [0.3, 0.4) is 0 Å². The summed E-state index contributed by atoms with van der Waals surface area (Å²) in [5.74, 6) is -0.964. The Morgan fingerprint density at radius 2 is 1.86 bits per heavy atom. The summed E-state index contributed by atoms with van der Waals surface area (Å²) in [4.78, 5) is 24.5. The van der Waals surface area contributed by atoms with Crippen molar-refractivity contribution < 1.29 is 22.7 Å². The molecule has 1 N–H and O–H groups in total. The third-order valence-corrected chi connectivity index (χ3v) is 6.07. The summed E-state index contributed by atoms with van der Waals surface area (Å²) in [7, 11) is -3.58. The van der Waals surface area contributed by atoms with Crippen LogP contribution in [0, 0.1) is 11.3 Å². The van der Waals surface area contributed by atoms with Gasteiger partial charge in [-0.2, -0.15) is 0 Å². The van der Waals surface area contributed by atoms with E-state index in [1.54, 1.807) is 20.8 Å². The number of hydrogen-bond donors (Lipinski definition) is 1. The van der Waals surface area contributed by atoms with E-state index in [1.165, 1.54) is 0 Å². The van der Waals surface area contributed by atoms with Gasteiger partial charge in [-0.05, 0) is 46.0 Å². The van der Waals surface area contributed by atoms with E-state index < -0.39 is 38.2 Å². The Labute approximate surface area is 132 Å². The van der Waals surface area contributed by atoms with Gasteiger partial charge in [-0.25, -0.2) is 8.42 Å². The number of carbonyl (C=O) groups is 2. The Bertz CT molecular complexity index is 573. The van der Waals surface area contributed by atoms with Crippen molar-refractivity contribution in [3.05, 3.63) is 0 Å². The molecule has 0 aromatic carbocycles. The van der Waals surface area contributed by atoms with Crippen LogP contribution >= 0.6 is 0 Å². The van der Waals surface area contributed by atoms with Crippen molar-refractivity contribution >= 4 is 21.9 Å². The first kappa shape index (κ1) is 17.2. The SMILES string of the molecule is CC[C@H]1C[C@]1(CC(=O)OC(C)(C)C)C(=O)NS(=O)(=O)C1CC1. The van der Waals surface area contributed by atoms with Crippen LogP contribution < -0.4 is 4.72 Å². The van der Waals surface area contributed by atoms with Gasteiger partial charge in [-0.1, -0.05) is 13.3 Å². The number of esters is 1. The molecule has 1 amide bonds. The molecule has 0 heterocycles. The second kappa shape index (κ2) is 5.51. The van der Waals surface area contributed by atoms with Gasteiger partial charge in [-0.15, -0.1) is 0 Å². The lowest BCUT2D eigenvalue weighted by Crippen LogP contribution is -2.41. The molecule has 2 saturated carbocycles. The maximum atomic E-state index is 12.4. The molecular weight excluding hydrogens is 306 g/mol. The van der Waals surface area contributed by atoms with Gasteiger partial charge in [-0.3, -0.25) is 14.3 Å². The molecule has 7 heteroatoms. The van der Waals surface area contributed by atoms with Gasteiger partial charge in [0, 0.05) is 0 Å². The van der Waals surface area contributed by atoms with Gasteiger partial charge in [0.15, 0.2) is 0 Å². The molecule has 0 aliphatic heterocycles. The quantitative estimate of drug-likeness (QED) is 0.749. The number of amides is 1. The summed E-state index contributed by atoms with van der Waals surface area (Å²) in [5, 5.41) is -0.450. The summed E-state index contributed by atoms with van der Waals surface area (Å²) < 4.78 is 31.3. The van der Waals surface area contributed by atoms with Crippen LogP contribution in [0.1, 0.15) is 59.8 Å². The standard InChI is InChI=1S/C15H25NO5S/c1-5-10-8-15(10,9-12(17)21-14(2,3)4)13(18)16-22(19,20)11-6-7-11/h10-11H,5-9H2,1-4H3,(H,16,18)/t10-,15+/m0/s1. The zero-order valence-corrected chi connectivity index (χ0v) is 14.5. The molecule has 2 atom stereocenters. The topological polar surface area (TPSA) is 89.5 Å². The summed E-state index contributed by atoms with van der Waals surface area (Å²) in [6, 6.07) is 0. The molecule has 0 saturated heterocycles. The highest BCUT2D eigenvalue weighted by Gasteiger charge is 2.61. The Hall–Kier alpha value is -1.11. The zero-order chi connectivity index (χ0) is 16.8. The van der Waals surface area contributed by atoms with Crippen LogP contribution in [-0.2, 0) is 24.3 Å². The van der Waals surface area contributed by atoms with Crippen LogP contribution in [-0.4, -0.2) is 31.1 Å². The average molecular weight is 331 g/mol. The number of rotatable bonds is 6. The fourth-order valence-corrected chi connectivity index (χ4v) is 4.20. The number of sulfonamides is 1. The molecular formula is C15H25NO5S. The van der Waals surface area contributed by atoms with Crippen LogP contribution in [0.2, 0.25) is 0 Å². The Morgan fingerprint density at radius 3 is 2.27 bits per heavy atom. The lowest BCUT2D eigenvalue weighted by atomic mass is 9.97. The van der Waals surface area contributed by atoms with Gasteiger partial charge in [0.2, 0.25) is 15.9 Å². The largest absolute Gasteiger partial charge is 0.460 e. The molecule has 22 heavy (non-hydrogen) atoms. The predicted molar refractivity (Wildman–Crippen MR) is 81.4 cm³/mol. The highest BCUT2D eigenvalue weighted by molar-refractivity contribution is 7.90. The molecule has 0 aromatic heterocycles. The van der Waals surface area contributed by atoms with Gasteiger partial charge >= 0.3 is 5.97 Å². The summed E-state index contributed by atoms with van der Waals surface area (Å²) in [5.41, 5.74) is -1.54. The maximum absolute atomic E-state index is 12.4. The zero-order valence-electron chi connectivity index (χ0n) is 13.6. The van der Waals surface area contributed by atoms with E-state index in [2.05, 4.69) is 4.72 Å². The van der Waals surface area contributed by atoms with Crippen molar-refractivity contribution in [2.24, 2.45) is 11.3 Å². The molecule has 2 aliphatic carbocycles. The number of ether oxygens (including phenoxy) is 1. The van der Waals surface area contributed by atoms with E-state index in [9.17, 15) is 18.0 Å². The van der Waals surface area contributed by atoms with Crippen LogP contribution in [0.25, 0.3) is 0 Å². The molecule has 0 aromatic rings. The van der Waals surface area contributed by atoms with Crippen LogP contribution in [0.15, 0.2) is 0 Å². The molecule has 126 valence electrons. The molecule has 0 radical (unpaired) electrons. The third-order valence-electron chi connectivity index (χ3n) is 4.25. The van der Waals surface area contributed by atoms with E-state index in [4.69, 9.17) is 4.74 Å². The minimum atomic E-state index is -3.58. The van der Waals surface area contributed by atoms with E-state index in [1.807, 2.05) is 6.92 Å². The van der Waals surface area contributed by atoms with E-state index in [0.717, 1.165) is 6.42 Å². The highest BCUT2D eigenvalue weighted by Crippen LogP contribution is 2.57. The maximum Gasteiger partial charge on any atom is 0.307 e. The third kappa shape index (κ3) is 3.80. The van der Waals surface area contributed by atoms with Crippen molar-refractivity contribution in [1.29, 1.82) is 0 Å². The molecule has 0 unspecified atom stereocenters. The minimum Gasteiger partial charge on any atom is -0.460 e. The van der Waals surface area contributed by atoms with Gasteiger partial charge in [0.1, 0.15) is 5.60 Å². The fraction of sp³-hybridized carbons (Fsp3) is 0.867. The summed E-state index contributed by atoms with van der Waals surface area (Å²) >= 11 is 0. The van der Waals surface area contributed by atoms with E-state index in [0.29, 0.717) is 19.3 Å². The van der Waals surface area contributed by atoms with Crippen LogP contribution in [0.4, 0.5) is 0 Å². The first-order valence-electron chi connectivity index (χ1n) is 7.78. The number of nitrogens with one attached hydrogen (secondary N) is 1. The van der Waals surface area contributed by atoms with Crippen molar-refractivity contribution in [2.75, 3.05) is 0 Å². The smallest absolute Gasteiger partial charge is 0.307 e. The average Bonchev–Trinajstić information content (AvgIpc) is 3.20. The lowest BCUT2D eigenvalue weighted by molar-refractivity contribution is -0.158. The summed E-state index contributed by atoms with van der Waals surface area (Å²) in [6.45, 7) is 7.22. The Morgan fingerprint density at radius 1 is 1.27 bits per heavy atom. The molecule has 0 spiro atoms. The molecule has 2 rings (SSSR count). The first-order valence-corrected chi connectivity index (χ1v) is 9.33. The van der Waals surface area contributed by atoms with Crippen molar-refractivity contribution in [3.63, 3.8) is 0 Å². The normalized spacial score (nSPS) is 28.1. The Balaban J connectivity index is 2.05. The molecule has 0 bridgehead atoms. The molecule has 2 aliphatic rings. The second-order valence-electron chi connectivity index (χ2n) is 7.40. The lowest BCUT2D eigenvalue weighted by Gasteiger charge is -2.22. The highest BCUT2D eigenvalue weighted by atomic mass is 32.2. The van der Waals surface area contributed by atoms with E-state index in [-0.39, 0.29) is 12.3 Å². The van der Waals surface area contributed by atoms with Crippen molar-refractivity contribution in [1.82, 2.24) is 4.72 Å². The fourth-order valence-electron chi connectivity index (χ4n) is 2.82. The number of hydrogen-bond acceptors (Lipinski definition) is 5. The molecule has 6 nitrogen and oxygen atoms in total. The second-order valence-corrected chi connectivity index (χ2v) is 9.37. The van der Waals surface area contributed by atoms with Crippen molar-refractivity contribution in [3.8, 4) is 0 Å². The minimum absolute atomic E-state index is 0.0365. The van der Waals surface area contributed by atoms with Gasteiger partial charge in [0.05, 0.1) is 17.1 Å². The van der Waals surface area contributed by atoms with Gasteiger partial charge in [0.25, 0.3) is 0 Å². The predicted octanol–water partition coefficient (Wildman–Crippen LogP) is 1.74. The first-order chi connectivity index (χ1) is 10.00. The van der Waals surface area contributed by atoms with Crippen LogP contribution in [0.5, 0.6) is 0 Å². The summed E-state index contributed by atoms with van der Waals surface area (Å²) in [6.07, 6.45) is 2.40. The Kier molecular flexibility index (Phi) is 4.32. The monoisotopic (exact) mass is 331 g/mol. The molecule has 2 fully saturated rings. The van der Waals surface area contributed by atoms with Gasteiger partial charge < -0.3 is 4.74 Å². The van der Waals surface area contributed by atoms with Crippen molar-refractivity contribution in [2.45, 2.75) is 70.7 Å². The van der Waals surface area contributed by atoms with E-state index >= 15 is 0 Å². The number of carbonyl (C=O) groups excluding carboxylic acids is 2.